The molecule has 2 rings (SSSR count). The zero-order chi connectivity index (χ0) is 14.4. The van der Waals surface area contributed by atoms with E-state index in [0.717, 1.165) is 19.5 Å². The first-order valence-corrected chi connectivity index (χ1v) is 7.58. The number of carbonyl (C=O) groups is 2. The van der Waals surface area contributed by atoms with Crippen LogP contribution in [0.4, 0.5) is 0 Å². The molecule has 0 aromatic heterocycles. The van der Waals surface area contributed by atoms with E-state index in [1.165, 1.54) is 12.8 Å². The van der Waals surface area contributed by atoms with Crippen LogP contribution < -0.4 is 5.32 Å². The molecule has 2 N–H and O–H groups in total. The Bertz CT molecular complexity index is 335. The van der Waals surface area contributed by atoms with E-state index in [4.69, 9.17) is 5.11 Å². The van der Waals surface area contributed by atoms with E-state index in [-0.39, 0.29) is 12.5 Å². The predicted octanol–water partition coefficient (Wildman–Crippen LogP) is -0.00500. The van der Waals surface area contributed by atoms with Gasteiger partial charge in [0.05, 0.1) is 6.54 Å². The fraction of sp³-hybridized carbons (Fsp3) is 0.857. The lowest BCUT2D eigenvalue weighted by Gasteiger charge is -2.34. The van der Waals surface area contributed by atoms with Crippen molar-refractivity contribution in [3.63, 3.8) is 0 Å². The smallest absolute Gasteiger partial charge is 0.317 e. The summed E-state index contributed by atoms with van der Waals surface area (Å²) in [5.41, 5.74) is 0. The molecule has 2 aliphatic heterocycles. The summed E-state index contributed by atoms with van der Waals surface area (Å²) in [5.74, 6) is 0.0705. The van der Waals surface area contributed by atoms with Crippen LogP contribution in [-0.2, 0) is 9.59 Å². The lowest BCUT2D eigenvalue weighted by Crippen LogP contribution is -2.50. The van der Waals surface area contributed by atoms with Crippen LogP contribution in [0.25, 0.3) is 0 Å². The van der Waals surface area contributed by atoms with Gasteiger partial charge >= 0.3 is 5.97 Å². The van der Waals surface area contributed by atoms with Crippen LogP contribution in [0.1, 0.15) is 25.7 Å². The van der Waals surface area contributed by atoms with Gasteiger partial charge in [-0.25, -0.2) is 0 Å². The summed E-state index contributed by atoms with van der Waals surface area (Å²) in [6.45, 7) is 4.89. The highest BCUT2D eigenvalue weighted by atomic mass is 16.4. The minimum atomic E-state index is -0.797. The Kier molecular flexibility index (Phi) is 5.79. The Morgan fingerprint density at radius 2 is 1.95 bits per heavy atom. The maximum absolute atomic E-state index is 12.1. The molecule has 0 spiro atoms. The molecule has 2 heterocycles. The van der Waals surface area contributed by atoms with Gasteiger partial charge in [0.1, 0.15) is 0 Å². The Labute approximate surface area is 120 Å². The molecule has 6 heteroatoms. The van der Waals surface area contributed by atoms with Crippen molar-refractivity contribution in [3.05, 3.63) is 0 Å². The number of piperazine rings is 1. The molecule has 114 valence electrons. The second-order valence-electron chi connectivity index (χ2n) is 5.80. The van der Waals surface area contributed by atoms with Gasteiger partial charge in [0.15, 0.2) is 0 Å². The molecule has 0 aromatic carbocycles. The van der Waals surface area contributed by atoms with E-state index >= 15 is 0 Å². The van der Waals surface area contributed by atoms with Crippen LogP contribution in [0.2, 0.25) is 0 Å². The van der Waals surface area contributed by atoms with Crippen molar-refractivity contribution in [1.82, 2.24) is 15.1 Å². The van der Waals surface area contributed by atoms with Crippen molar-refractivity contribution in [2.24, 2.45) is 5.92 Å². The van der Waals surface area contributed by atoms with E-state index in [1.807, 2.05) is 9.80 Å². The molecule has 0 aromatic rings. The molecule has 2 fully saturated rings. The number of amides is 1. The summed E-state index contributed by atoms with van der Waals surface area (Å²) in [4.78, 5) is 26.5. The second kappa shape index (κ2) is 7.59. The number of rotatable bonds is 5. The average Bonchev–Trinajstić information content (AvgIpc) is 2.46. The SMILES string of the molecule is O=C(O)CN1CCN(C(=O)CCC2CCCNC2)CC1. The highest BCUT2D eigenvalue weighted by Crippen LogP contribution is 2.17. The quantitative estimate of drug-likeness (QED) is 0.743. The van der Waals surface area contributed by atoms with Crippen LogP contribution in [0.15, 0.2) is 0 Å². The van der Waals surface area contributed by atoms with Gasteiger partial charge in [0.2, 0.25) is 5.91 Å². The van der Waals surface area contributed by atoms with E-state index in [0.29, 0.717) is 38.5 Å². The highest BCUT2D eigenvalue weighted by molar-refractivity contribution is 5.76. The molecular weight excluding hydrogens is 258 g/mol. The molecule has 0 bridgehead atoms. The largest absolute Gasteiger partial charge is 0.480 e. The Hall–Kier alpha value is -1.14. The molecule has 2 saturated heterocycles. The first-order chi connectivity index (χ1) is 9.65. The molecule has 2 aliphatic rings. The first kappa shape index (κ1) is 15.3. The van der Waals surface area contributed by atoms with Crippen molar-refractivity contribution >= 4 is 11.9 Å². The van der Waals surface area contributed by atoms with Gasteiger partial charge in [0, 0.05) is 32.6 Å². The molecular formula is C14H25N3O3. The summed E-state index contributed by atoms with van der Waals surface area (Å²) < 4.78 is 0. The standard InChI is InChI=1S/C14H25N3O3/c18-13(4-3-12-2-1-5-15-10-12)17-8-6-16(7-9-17)11-14(19)20/h12,15H,1-11H2,(H,19,20). The zero-order valence-corrected chi connectivity index (χ0v) is 12.0. The number of piperidine rings is 1. The topological polar surface area (TPSA) is 72.9 Å². The minimum absolute atomic E-state index is 0.0791. The highest BCUT2D eigenvalue weighted by Gasteiger charge is 2.23. The van der Waals surface area contributed by atoms with Crippen LogP contribution in [0.5, 0.6) is 0 Å². The number of aliphatic carboxylic acids is 1. The van der Waals surface area contributed by atoms with Crippen molar-refractivity contribution in [1.29, 1.82) is 0 Å². The van der Waals surface area contributed by atoms with Crippen molar-refractivity contribution in [2.75, 3.05) is 45.8 Å². The summed E-state index contributed by atoms with van der Waals surface area (Å²) in [6.07, 6.45) is 4.05. The van der Waals surface area contributed by atoms with Gasteiger partial charge in [-0.1, -0.05) is 0 Å². The summed E-state index contributed by atoms with van der Waals surface area (Å²) in [6, 6.07) is 0. The number of carboxylic acids is 1. The molecule has 20 heavy (non-hydrogen) atoms. The number of nitrogens with zero attached hydrogens (tertiary/aromatic N) is 2. The Morgan fingerprint density at radius 3 is 2.55 bits per heavy atom. The maximum atomic E-state index is 12.1. The van der Waals surface area contributed by atoms with Crippen LogP contribution in [0.3, 0.4) is 0 Å². The predicted molar refractivity (Wildman–Crippen MR) is 75.5 cm³/mol. The average molecular weight is 283 g/mol. The van der Waals surface area contributed by atoms with Crippen molar-refractivity contribution in [2.45, 2.75) is 25.7 Å². The van der Waals surface area contributed by atoms with Gasteiger partial charge in [-0.3, -0.25) is 14.5 Å². The van der Waals surface area contributed by atoms with Crippen LogP contribution in [0, 0.1) is 5.92 Å². The minimum Gasteiger partial charge on any atom is -0.480 e. The van der Waals surface area contributed by atoms with Crippen molar-refractivity contribution < 1.29 is 14.7 Å². The van der Waals surface area contributed by atoms with E-state index in [9.17, 15) is 9.59 Å². The molecule has 1 amide bonds. The van der Waals surface area contributed by atoms with Gasteiger partial charge in [-0.2, -0.15) is 0 Å². The van der Waals surface area contributed by atoms with E-state index in [2.05, 4.69) is 5.32 Å². The summed E-state index contributed by atoms with van der Waals surface area (Å²) >= 11 is 0. The van der Waals surface area contributed by atoms with E-state index in [1.54, 1.807) is 0 Å². The second-order valence-corrected chi connectivity index (χ2v) is 5.80. The molecule has 0 saturated carbocycles. The molecule has 6 nitrogen and oxygen atoms in total. The lowest BCUT2D eigenvalue weighted by atomic mass is 9.94. The van der Waals surface area contributed by atoms with Crippen LogP contribution >= 0.6 is 0 Å². The van der Waals surface area contributed by atoms with Gasteiger partial charge in [0.25, 0.3) is 0 Å². The third-order valence-electron chi connectivity index (χ3n) is 4.25. The third kappa shape index (κ3) is 4.76. The summed E-state index contributed by atoms with van der Waals surface area (Å²) in [7, 11) is 0. The van der Waals surface area contributed by atoms with Crippen LogP contribution in [-0.4, -0.2) is 72.6 Å². The monoisotopic (exact) mass is 283 g/mol. The first-order valence-electron chi connectivity index (χ1n) is 7.58. The normalized spacial score (nSPS) is 24.6. The fourth-order valence-corrected chi connectivity index (χ4v) is 3.00. The Morgan fingerprint density at radius 1 is 1.20 bits per heavy atom. The fourth-order valence-electron chi connectivity index (χ4n) is 3.00. The molecule has 0 radical (unpaired) electrons. The zero-order valence-electron chi connectivity index (χ0n) is 12.0. The maximum Gasteiger partial charge on any atom is 0.317 e. The number of hydrogen-bond donors (Lipinski definition) is 2. The number of carboxylic acid groups (broad SMARTS) is 1. The van der Waals surface area contributed by atoms with Gasteiger partial charge < -0.3 is 15.3 Å². The third-order valence-corrected chi connectivity index (χ3v) is 4.25. The Balaban J connectivity index is 1.65. The molecule has 0 aliphatic carbocycles. The summed E-state index contributed by atoms with van der Waals surface area (Å²) in [5, 5.41) is 12.1. The van der Waals surface area contributed by atoms with Gasteiger partial charge in [-0.05, 0) is 38.3 Å². The number of carbonyl (C=O) groups excluding carboxylic acids is 1. The lowest BCUT2D eigenvalue weighted by molar-refractivity contribution is -0.139. The number of hydrogen-bond acceptors (Lipinski definition) is 4. The molecule has 1 unspecified atom stereocenters. The number of nitrogens with one attached hydrogen (secondary N) is 1. The van der Waals surface area contributed by atoms with E-state index < -0.39 is 5.97 Å². The van der Waals surface area contributed by atoms with Gasteiger partial charge in [-0.15, -0.1) is 0 Å². The van der Waals surface area contributed by atoms with Crippen molar-refractivity contribution in [3.8, 4) is 0 Å². The molecule has 1 atom stereocenters.